The molecule has 0 spiro atoms. The molecule has 0 saturated heterocycles. The molecule has 2 rings (SSSR count). The van der Waals surface area contributed by atoms with Crippen LogP contribution in [0, 0.1) is 0 Å². The molecule has 0 aliphatic carbocycles. The Labute approximate surface area is 87.4 Å². The average Bonchev–Trinajstić information content (AvgIpc) is 2.28. The Bertz CT molecular complexity index is 403. The van der Waals surface area contributed by atoms with Gasteiger partial charge in [0.05, 0.1) is 11.7 Å². The van der Waals surface area contributed by atoms with Gasteiger partial charge in [-0.3, -0.25) is 14.5 Å². The van der Waals surface area contributed by atoms with Gasteiger partial charge in [-0.15, -0.1) is 0 Å². The van der Waals surface area contributed by atoms with Crippen LogP contribution in [-0.2, 0) is 9.59 Å². The van der Waals surface area contributed by atoms with Crippen LogP contribution in [0.15, 0.2) is 24.3 Å². The largest absolute Gasteiger partial charge is 0.489 e. The molecule has 78 valence electrons. The molecular weight excluding hydrogens is 194 g/mol. The molecule has 15 heavy (non-hydrogen) atoms. The lowest BCUT2D eigenvalue weighted by Crippen LogP contribution is -2.45. The Morgan fingerprint density at radius 2 is 2.27 bits per heavy atom. The van der Waals surface area contributed by atoms with E-state index in [0.29, 0.717) is 24.3 Å². The number of aldehydes is 1. The van der Waals surface area contributed by atoms with Crippen LogP contribution >= 0.6 is 0 Å². The first kappa shape index (κ1) is 9.71. The Morgan fingerprint density at radius 3 is 3.00 bits per heavy atom. The van der Waals surface area contributed by atoms with Crippen molar-refractivity contribution in [3.63, 3.8) is 0 Å². The van der Waals surface area contributed by atoms with Crippen molar-refractivity contribution >= 4 is 17.9 Å². The van der Waals surface area contributed by atoms with E-state index in [1.54, 1.807) is 12.1 Å². The van der Waals surface area contributed by atoms with E-state index in [0.717, 1.165) is 0 Å². The molecule has 0 radical (unpaired) electrons. The van der Waals surface area contributed by atoms with Crippen molar-refractivity contribution in [3.8, 4) is 5.75 Å². The minimum Gasteiger partial charge on any atom is -0.489 e. The van der Waals surface area contributed by atoms with E-state index in [9.17, 15) is 9.59 Å². The highest BCUT2D eigenvalue weighted by Crippen LogP contribution is 2.33. The number of carbonyl (C=O) groups is 2. The zero-order valence-electron chi connectivity index (χ0n) is 8.34. The highest BCUT2D eigenvalue weighted by molar-refractivity contribution is 6.31. The third kappa shape index (κ3) is 1.58. The molecule has 1 aromatic rings. The van der Waals surface area contributed by atoms with Crippen molar-refractivity contribution in [2.24, 2.45) is 0 Å². The van der Waals surface area contributed by atoms with Crippen LogP contribution in [0.2, 0.25) is 0 Å². The maximum Gasteiger partial charge on any atom is 0.291 e. The number of anilines is 1. The zero-order valence-corrected chi connectivity index (χ0v) is 8.34. The first-order valence-electron chi connectivity index (χ1n) is 4.74. The fourth-order valence-corrected chi connectivity index (χ4v) is 1.69. The smallest absolute Gasteiger partial charge is 0.291 e. The lowest BCUT2D eigenvalue weighted by Gasteiger charge is -2.33. The molecule has 1 aromatic carbocycles. The molecular formula is C11H11NO3. The average molecular weight is 205 g/mol. The summed E-state index contributed by atoms with van der Waals surface area (Å²) in [6, 6.07) is 7.08. The van der Waals surface area contributed by atoms with Gasteiger partial charge in [-0.1, -0.05) is 12.1 Å². The molecule has 1 aliphatic rings. The van der Waals surface area contributed by atoms with Crippen LogP contribution in [0.4, 0.5) is 5.69 Å². The molecule has 0 aromatic heterocycles. The van der Waals surface area contributed by atoms with E-state index in [1.807, 2.05) is 19.1 Å². The molecule has 1 heterocycles. The van der Waals surface area contributed by atoms with Gasteiger partial charge in [0, 0.05) is 0 Å². The minimum absolute atomic E-state index is 0.113. The summed E-state index contributed by atoms with van der Waals surface area (Å²) in [6.45, 7) is 2.26. The third-order valence-electron chi connectivity index (χ3n) is 2.38. The monoisotopic (exact) mass is 205 g/mol. The van der Waals surface area contributed by atoms with Crippen LogP contribution in [0.25, 0.3) is 0 Å². The summed E-state index contributed by atoms with van der Waals surface area (Å²) in [4.78, 5) is 23.4. The van der Waals surface area contributed by atoms with E-state index in [-0.39, 0.29) is 6.04 Å². The van der Waals surface area contributed by atoms with Crippen molar-refractivity contribution in [1.82, 2.24) is 0 Å². The van der Waals surface area contributed by atoms with Crippen molar-refractivity contribution in [2.75, 3.05) is 11.5 Å². The fourth-order valence-electron chi connectivity index (χ4n) is 1.69. The summed E-state index contributed by atoms with van der Waals surface area (Å²) in [7, 11) is 0. The van der Waals surface area contributed by atoms with E-state index < -0.39 is 5.91 Å². The summed E-state index contributed by atoms with van der Waals surface area (Å²) in [5.41, 5.74) is 0.661. The second kappa shape index (κ2) is 3.73. The van der Waals surface area contributed by atoms with Gasteiger partial charge in [0.2, 0.25) is 6.29 Å². The summed E-state index contributed by atoms with van der Waals surface area (Å²) in [6.07, 6.45) is 0.332. The van der Waals surface area contributed by atoms with Gasteiger partial charge in [0.15, 0.2) is 0 Å². The van der Waals surface area contributed by atoms with Crippen LogP contribution in [0.1, 0.15) is 6.92 Å². The molecule has 0 fully saturated rings. The van der Waals surface area contributed by atoms with E-state index >= 15 is 0 Å². The normalized spacial score (nSPS) is 19.0. The lowest BCUT2D eigenvalue weighted by molar-refractivity contribution is -0.130. The number of rotatable bonds is 1. The van der Waals surface area contributed by atoms with Crippen molar-refractivity contribution in [2.45, 2.75) is 13.0 Å². The number of ether oxygens (including phenoxy) is 1. The van der Waals surface area contributed by atoms with Crippen molar-refractivity contribution in [1.29, 1.82) is 0 Å². The van der Waals surface area contributed by atoms with E-state index in [2.05, 4.69) is 0 Å². The van der Waals surface area contributed by atoms with Crippen LogP contribution < -0.4 is 9.64 Å². The molecule has 4 nitrogen and oxygen atoms in total. The fraction of sp³-hybridized carbons (Fsp3) is 0.273. The van der Waals surface area contributed by atoms with E-state index in [1.165, 1.54) is 4.90 Å². The maximum absolute atomic E-state index is 11.4. The number of hydrogen-bond acceptors (Lipinski definition) is 3. The lowest BCUT2D eigenvalue weighted by atomic mass is 10.1. The summed E-state index contributed by atoms with van der Waals surface area (Å²) < 4.78 is 5.45. The number of fused-ring (bicyclic) bond motifs is 1. The molecule has 0 bridgehead atoms. The predicted octanol–water partition coefficient (Wildman–Crippen LogP) is 0.999. The summed E-state index contributed by atoms with van der Waals surface area (Å²) in [5, 5.41) is 0. The zero-order chi connectivity index (χ0) is 10.8. The molecule has 1 atom stereocenters. The Balaban J connectivity index is 2.45. The predicted molar refractivity (Wildman–Crippen MR) is 54.9 cm³/mol. The van der Waals surface area contributed by atoms with Gasteiger partial charge >= 0.3 is 0 Å². The summed E-state index contributed by atoms with van der Waals surface area (Å²) in [5.74, 6) is 0.115. The number of carbonyl (C=O) groups excluding carboxylic acids is 2. The molecule has 4 heteroatoms. The summed E-state index contributed by atoms with van der Waals surface area (Å²) >= 11 is 0. The molecule has 1 aliphatic heterocycles. The number of amides is 1. The van der Waals surface area contributed by atoms with Crippen LogP contribution in [0.3, 0.4) is 0 Å². The van der Waals surface area contributed by atoms with Crippen molar-refractivity contribution < 1.29 is 14.3 Å². The highest BCUT2D eigenvalue weighted by atomic mass is 16.5. The first-order valence-corrected chi connectivity index (χ1v) is 4.74. The number of para-hydroxylation sites is 2. The SMILES string of the molecule is CC1COc2ccccc2N1C(=O)C=O. The Hall–Kier alpha value is -1.84. The van der Waals surface area contributed by atoms with Crippen molar-refractivity contribution in [3.05, 3.63) is 24.3 Å². The van der Waals surface area contributed by atoms with Gasteiger partial charge in [-0.25, -0.2) is 0 Å². The Morgan fingerprint density at radius 1 is 1.53 bits per heavy atom. The van der Waals surface area contributed by atoms with Crippen LogP contribution in [0.5, 0.6) is 5.75 Å². The maximum atomic E-state index is 11.4. The quantitative estimate of drug-likeness (QED) is 0.507. The molecule has 1 amide bonds. The van der Waals surface area contributed by atoms with Gasteiger partial charge in [0.25, 0.3) is 5.91 Å². The topological polar surface area (TPSA) is 46.6 Å². The van der Waals surface area contributed by atoms with E-state index in [4.69, 9.17) is 4.74 Å². The van der Waals surface area contributed by atoms with Crippen LogP contribution in [-0.4, -0.2) is 24.8 Å². The molecule has 1 unspecified atom stereocenters. The van der Waals surface area contributed by atoms with Gasteiger partial charge in [0.1, 0.15) is 12.4 Å². The van der Waals surface area contributed by atoms with Gasteiger partial charge in [-0.2, -0.15) is 0 Å². The Kier molecular flexibility index (Phi) is 2.41. The number of hydrogen-bond donors (Lipinski definition) is 0. The molecule has 0 N–H and O–H groups in total. The first-order chi connectivity index (χ1) is 7.24. The molecule has 0 saturated carbocycles. The number of benzene rings is 1. The van der Waals surface area contributed by atoms with Gasteiger partial charge < -0.3 is 4.74 Å². The standard InChI is InChI=1S/C11H11NO3/c1-8-7-15-10-5-3-2-4-9(10)12(8)11(14)6-13/h2-6,8H,7H2,1H3. The minimum atomic E-state index is -0.529. The number of nitrogens with zero attached hydrogens (tertiary/aromatic N) is 1. The second-order valence-corrected chi connectivity index (χ2v) is 3.45. The second-order valence-electron chi connectivity index (χ2n) is 3.45. The highest BCUT2D eigenvalue weighted by Gasteiger charge is 2.28. The van der Waals surface area contributed by atoms with Gasteiger partial charge in [-0.05, 0) is 19.1 Å². The third-order valence-corrected chi connectivity index (χ3v) is 2.38.